The third kappa shape index (κ3) is 5.06. The minimum atomic E-state index is -0.162. The summed E-state index contributed by atoms with van der Waals surface area (Å²) < 4.78 is 7.37. The Morgan fingerprint density at radius 2 is 2.00 bits per heavy atom. The summed E-state index contributed by atoms with van der Waals surface area (Å²) in [7, 11) is 0. The van der Waals surface area contributed by atoms with Crippen molar-refractivity contribution >= 4 is 34.5 Å². The number of rotatable bonds is 7. The Hall–Kier alpha value is -3.16. The number of aromatic nitrogens is 3. The standard InChI is InChI=1S/C22H19ClN4O2S/c1-15-6-8-18(9-7-15)29-13-22-26-16(14-30-22)10-21(28)25-17-11-24-27(12-17)20-5-3-2-4-19(20)23/h2-9,11-12,14H,10,13H2,1H3,(H,25,28). The van der Waals surface area contributed by atoms with E-state index >= 15 is 0 Å². The molecule has 0 saturated heterocycles. The zero-order valence-electron chi connectivity index (χ0n) is 16.2. The number of aryl methyl sites for hydroxylation is 1. The second-order valence-corrected chi connectivity index (χ2v) is 8.03. The first kappa shape index (κ1) is 20.1. The molecule has 2 aromatic heterocycles. The Bertz CT molecular complexity index is 1150. The molecule has 0 spiro atoms. The summed E-state index contributed by atoms with van der Waals surface area (Å²) in [6.45, 7) is 2.41. The third-order valence-corrected chi connectivity index (χ3v) is 5.48. The zero-order chi connectivity index (χ0) is 20.9. The van der Waals surface area contributed by atoms with Gasteiger partial charge in [0.2, 0.25) is 5.91 Å². The maximum absolute atomic E-state index is 12.4. The first-order valence-corrected chi connectivity index (χ1v) is 10.5. The van der Waals surface area contributed by atoms with Crippen molar-refractivity contribution in [2.45, 2.75) is 20.0 Å². The monoisotopic (exact) mass is 438 g/mol. The summed E-state index contributed by atoms with van der Waals surface area (Å²) in [4.78, 5) is 16.9. The maximum atomic E-state index is 12.4. The van der Waals surface area contributed by atoms with Gasteiger partial charge in [0.1, 0.15) is 17.4 Å². The Morgan fingerprint density at radius 1 is 1.20 bits per heavy atom. The summed E-state index contributed by atoms with van der Waals surface area (Å²) in [6.07, 6.45) is 3.49. The van der Waals surface area contributed by atoms with Crippen molar-refractivity contribution in [2.24, 2.45) is 0 Å². The third-order valence-electron chi connectivity index (χ3n) is 4.29. The van der Waals surface area contributed by atoms with E-state index in [1.807, 2.05) is 54.8 Å². The van der Waals surface area contributed by atoms with Gasteiger partial charge in [0.05, 0.1) is 40.9 Å². The molecule has 2 heterocycles. The average molecular weight is 439 g/mol. The minimum Gasteiger partial charge on any atom is -0.486 e. The molecule has 0 aliphatic carbocycles. The van der Waals surface area contributed by atoms with Gasteiger partial charge in [0.15, 0.2) is 0 Å². The molecule has 152 valence electrons. The van der Waals surface area contributed by atoms with Crippen molar-refractivity contribution in [3.63, 3.8) is 0 Å². The molecule has 0 fully saturated rings. The van der Waals surface area contributed by atoms with Crippen molar-refractivity contribution in [1.29, 1.82) is 0 Å². The smallest absolute Gasteiger partial charge is 0.230 e. The van der Waals surface area contributed by atoms with Crippen LogP contribution >= 0.6 is 22.9 Å². The van der Waals surface area contributed by atoms with E-state index in [0.29, 0.717) is 23.0 Å². The van der Waals surface area contributed by atoms with Crippen LogP contribution in [0.4, 0.5) is 5.69 Å². The second kappa shape index (κ2) is 9.11. The van der Waals surface area contributed by atoms with Gasteiger partial charge < -0.3 is 10.1 Å². The first-order chi connectivity index (χ1) is 14.6. The topological polar surface area (TPSA) is 69.0 Å². The van der Waals surface area contributed by atoms with Gasteiger partial charge in [-0.25, -0.2) is 9.67 Å². The highest BCUT2D eigenvalue weighted by molar-refractivity contribution is 7.09. The van der Waals surface area contributed by atoms with Gasteiger partial charge in [-0.15, -0.1) is 11.3 Å². The predicted molar refractivity (Wildman–Crippen MR) is 119 cm³/mol. The summed E-state index contributed by atoms with van der Waals surface area (Å²) in [5.41, 5.74) is 3.23. The molecule has 0 aliphatic heterocycles. The maximum Gasteiger partial charge on any atom is 0.230 e. The molecule has 1 N–H and O–H groups in total. The minimum absolute atomic E-state index is 0.162. The number of para-hydroxylation sites is 1. The van der Waals surface area contributed by atoms with Crippen molar-refractivity contribution in [3.8, 4) is 11.4 Å². The molecule has 1 amide bonds. The number of thiazole rings is 1. The van der Waals surface area contributed by atoms with Crippen LogP contribution in [0.5, 0.6) is 5.75 Å². The number of carbonyl (C=O) groups excluding carboxylic acids is 1. The first-order valence-electron chi connectivity index (χ1n) is 9.29. The van der Waals surface area contributed by atoms with E-state index in [9.17, 15) is 4.79 Å². The van der Waals surface area contributed by atoms with E-state index in [1.165, 1.54) is 16.9 Å². The highest BCUT2D eigenvalue weighted by atomic mass is 35.5. The van der Waals surface area contributed by atoms with Crippen LogP contribution in [-0.4, -0.2) is 20.7 Å². The highest BCUT2D eigenvalue weighted by Crippen LogP contribution is 2.21. The lowest BCUT2D eigenvalue weighted by Crippen LogP contribution is -2.14. The lowest BCUT2D eigenvalue weighted by Gasteiger charge is -2.04. The van der Waals surface area contributed by atoms with Crippen LogP contribution < -0.4 is 10.1 Å². The SMILES string of the molecule is Cc1ccc(OCc2nc(CC(=O)Nc3cnn(-c4ccccc4Cl)c3)cs2)cc1. The summed E-state index contributed by atoms with van der Waals surface area (Å²) in [5.74, 6) is 0.635. The molecule has 4 aromatic rings. The number of ether oxygens (including phenoxy) is 1. The molecule has 2 aromatic carbocycles. The summed E-state index contributed by atoms with van der Waals surface area (Å²) in [5, 5.41) is 10.4. The highest BCUT2D eigenvalue weighted by Gasteiger charge is 2.11. The van der Waals surface area contributed by atoms with Crippen molar-refractivity contribution in [2.75, 3.05) is 5.32 Å². The summed E-state index contributed by atoms with van der Waals surface area (Å²) in [6, 6.07) is 15.2. The van der Waals surface area contributed by atoms with E-state index in [1.54, 1.807) is 23.1 Å². The molecule has 0 radical (unpaired) electrons. The molecule has 4 rings (SSSR count). The second-order valence-electron chi connectivity index (χ2n) is 6.68. The molecular weight excluding hydrogens is 420 g/mol. The van der Waals surface area contributed by atoms with Crippen LogP contribution in [0.15, 0.2) is 66.3 Å². The van der Waals surface area contributed by atoms with Crippen LogP contribution in [0.3, 0.4) is 0 Å². The number of nitrogens with zero attached hydrogens (tertiary/aromatic N) is 3. The number of benzene rings is 2. The Morgan fingerprint density at radius 3 is 2.80 bits per heavy atom. The largest absolute Gasteiger partial charge is 0.486 e. The number of hydrogen-bond donors (Lipinski definition) is 1. The van der Waals surface area contributed by atoms with Gasteiger partial charge in [-0.05, 0) is 31.2 Å². The molecule has 0 saturated carbocycles. The molecule has 0 aliphatic rings. The van der Waals surface area contributed by atoms with Gasteiger partial charge in [0.25, 0.3) is 0 Å². The number of anilines is 1. The van der Waals surface area contributed by atoms with Crippen LogP contribution in [0.25, 0.3) is 5.69 Å². The van der Waals surface area contributed by atoms with Crippen LogP contribution in [0.2, 0.25) is 5.02 Å². The Kier molecular flexibility index (Phi) is 6.11. The van der Waals surface area contributed by atoms with Gasteiger partial charge in [0, 0.05) is 5.38 Å². The lowest BCUT2D eigenvalue weighted by atomic mass is 10.2. The molecular formula is C22H19ClN4O2S. The van der Waals surface area contributed by atoms with Crippen molar-refractivity contribution < 1.29 is 9.53 Å². The van der Waals surface area contributed by atoms with Gasteiger partial charge >= 0.3 is 0 Å². The van der Waals surface area contributed by atoms with E-state index in [-0.39, 0.29) is 12.3 Å². The van der Waals surface area contributed by atoms with E-state index in [2.05, 4.69) is 15.4 Å². The number of amides is 1. The fraction of sp³-hybridized carbons (Fsp3) is 0.136. The van der Waals surface area contributed by atoms with E-state index in [4.69, 9.17) is 16.3 Å². The molecule has 0 atom stereocenters. The number of carbonyl (C=O) groups is 1. The molecule has 30 heavy (non-hydrogen) atoms. The fourth-order valence-electron chi connectivity index (χ4n) is 2.80. The fourth-order valence-corrected chi connectivity index (χ4v) is 3.73. The average Bonchev–Trinajstić information content (AvgIpc) is 3.37. The van der Waals surface area contributed by atoms with Crippen molar-refractivity contribution in [1.82, 2.24) is 14.8 Å². The van der Waals surface area contributed by atoms with Crippen molar-refractivity contribution in [3.05, 3.63) is 87.6 Å². The number of halogens is 1. The lowest BCUT2D eigenvalue weighted by molar-refractivity contribution is -0.115. The van der Waals surface area contributed by atoms with E-state index in [0.717, 1.165) is 16.4 Å². The molecule has 8 heteroatoms. The number of nitrogens with one attached hydrogen (secondary N) is 1. The molecule has 0 bridgehead atoms. The van der Waals surface area contributed by atoms with Crippen LogP contribution in [0, 0.1) is 6.92 Å². The van der Waals surface area contributed by atoms with E-state index < -0.39 is 0 Å². The quantitative estimate of drug-likeness (QED) is 0.438. The zero-order valence-corrected chi connectivity index (χ0v) is 17.8. The van der Waals surface area contributed by atoms with Crippen LogP contribution in [0.1, 0.15) is 16.3 Å². The summed E-state index contributed by atoms with van der Waals surface area (Å²) >= 11 is 7.67. The predicted octanol–water partition coefficient (Wildman–Crippen LogP) is 5.05. The number of hydrogen-bond acceptors (Lipinski definition) is 5. The van der Waals surface area contributed by atoms with Gasteiger partial charge in [-0.1, -0.05) is 41.4 Å². The normalized spacial score (nSPS) is 10.7. The van der Waals surface area contributed by atoms with Crippen LogP contribution in [-0.2, 0) is 17.8 Å². The Labute approximate surface area is 183 Å². The molecule has 6 nitrogen and oxygen atoms in total. The Balaban J connectivity index is 1.31. The van der Waals surface area contributed by atoms with Gasteiger partial charge in [-0.3, -0.25) is 4.79 Å². The van der Waals surface area contributed by atoms with Gasteiger partial charge in [-0.2, -0.15) is 5.10 Å². The molecule has 0 unspecified atom stereocenters.